The van der Waals surface area contributed by atoms with Crippen LogP contribution in [0.1, 0.15) is 30.1 Å². The van der Waals surface area contributed by atoms with Crippen molar-refractivity contribution >= 4 is 35.4 Å². The van der Waals surface area contributed by atoms with Gasteiger partial charge >= 0.3 is 8.32 Å². The van der Waals surface area contributed by atoms with E-state index in [1.165, 1.54) is 0 Å². The molecule has 4 aromatic rings. The predicted molar refractivity (Wildman–Crippen MR) is 138 cm³/mol. The second-order valence-corrected chi connectivity index (χ2v) is 11.1. The zero-order chi connectivity index (χ0) is 22.9. The van der Waals surface area contributed by atoms with Gasteiger partial charge in [0.2, 0.25) is 0 Å². The molecule has 0 saturated heterocycles. The van der Waals surface area contributed by atoms with Crippen LogP contribution >= 0.6 is 0 Å². The van der Waals surface area contributed by atoms with Gasteiger partial charge in [0, 0.05) is 5.56 Å². The van der Waals surface area contributed by atoms with Crippen LogP contribution in [-0.4, -0.2) is 19.8 Å². The molecule has 0 heterocycles. The van der Waals surface area contributed by atoms with Crippen molar-refractivity contribution in [2.45, 2.75) is 19.8 Å². The van der Waals surface area contributed by atoms with Gasteiger partial charge in [-0.25, -0.2) is 0 Å². The molecular weight excluding hydrogens is 422 g/mol. The van der Waals surface area contributed by atoms with Gasteiger partial charge in [0.25, 0.3) is 0 Å². The summed E-state index contributed by atoms with van der Waals surface area (Å²) in [6, 6.07) is 40.3. The van der Waals surface area contributed by atoms with E-state index in [4.69, 9.17) is 4.53 Å². The first-order valence-corrected chi connectivity index (χ1v) is 13.1. The highest BCUT2D eigenvalue weighted by atomic mass is 28.4. The summed E-state index contributed by atoms with van der Waals surface area (Å²) in [5, 5.41) is 7.99. The quantitative estimate of drug-likeness (QED) is 0.122. The minimum Gasteiger partial charge on any atom is -0.438 e. The van der Waals surface area contributed by atoms with Gasteiger partial charge in [-0.3, -0.25) is 4.79 Å². The topological polar surface area (TPSA) is 38.7 Å². The molecular formula is C29H27NO2Si. The fourth-order valence-corrected chi connectivity index (χ4v) is 7.51. The molecule has 164 valence electrons. The van der Waals surface area contributed by atoms with E-state index in [0.29, 0.717) is 12.0 Å². The van der Waals surface area contributed by atoms with E-state index >= 15 is 0 Å². The first-order chi connectivity index (χ1) is 16.2. The average Bonchev–Trinajstić information content (AvgIpc) is 2.90. The lowest BCUT2D eigenvalue weighted by Crippen LogP contribution is -2.68. The van der Waals surface area contributed by atoms with Crippen molar-refractivity contribution in [3.8, 4) is 0 Å². The fourth-order valence-electron chi connectivity index (χ4n) is 3.94. The number of carbonyl (C=O) groups excluding carboxylic acids is 1. The molecule has 0 aliphatic heterocycles. The minimum absolute atomic E-state index is 0.0474. The number of ketones is 1. The van der Waals surface area contributed by atoms with Crippen LogP contribution in [0, 0.1) is 0 Å². The van der Waals surface area contributed by atoms with E-state index in [2.05, 4.69) is 41.6 Å². The molecule has 0 radical (unpaired) electrons. The highest BCUT2D eigenvalue weighted by Crippen LogP contribution is 2.12. The fraction of sp³-hybridized carbons (Fsp3) is 0.103. The Hall–Kier alpha value is -3.76. The Morgan fingerprint density at radius 2 is 1.06 bits per heavy atom. The van der Waals surface area contributed by atoms with E-state index in [0.717, 1.165) is 21.3 Å². The summed E-state index contributed by atoms with van der Waals surface area (Å²) in [5.41, 5.74) is 1.43. The lowest BCUT2D eigenvalue weighted by molar-refractivity contribution is 0.0999. The van der Waals surface area contributed by atoms with Crippen LogP contribution in [0.25, 0.3) is 0 Å². The summed E-state index contributed by atoms with van der Waals surface area (Å²) in [7, 11) is -2.93. The van der Waals surface area contributed by atoms with Crippen LogP contribution < -0.4 is 15.6 Å². The number of rotatable bonds is 9. The smallest absolute Gasteiger partial charge is 0.380 e. The van der Waals surface area contributed by atoms with E-state index in [-0.39, 0.29) is 12.2 Å². The molecule has 3 nitrogen and oxygen atoms in total. The van der Waals surface area contributed by atoms with Crippen molar-refractivity contribution < 1.29 is 9.32 Å². The molecule has 0 spiro atoms. The summed E-state index contributed by atoms with van der Waals surface area (Å²) >= 11 is 0. The van der Waals surface area contributed by atoms with Gasteiger partial charge in [0.15, 0.2) is 5.78 Å². The van der Waals surface area contributed by atoms with Gasteiger partial charge in [-0.2, -0.15) is 0 Å². The predicted octanol–water partition coefficient (Wildman–Crippen LogP) is 4.71. The Morgan fingerprint density at radius 1 is 0.667 bits per heavy atom. The molecule has 0 unspecified atom stereocenters. The molecule has 0 amide bonds. The third kappa shape index (κ3) is 5.02. The van der Waals surface area contributed by atoms with Crippen LogP contribution in [0.5, 0.6) is 0 Å². The van der Waals surface area contributed by atoms with Crippen LogP contribution in [0.15, 0.2) is 126 Å². The Morgan fingerprint density at radius 3 is 1.45 bits per heavy atom. The maximum absolute atomic E-state index is 12.8. The molecule has 0 aromatic heterocycles. The Labute approximate surface area is 196 Å². The SMILES string of the molecule is CCC(CC(=O)c1ccccc1)=NO[Si](c1ccccc1)(c1ccccc1)c1ccccc1. The van der Waals surface area contributed by atoms with Gasteiger partial charge in [-0.05, 0) is 22.0 Å². The summed E-state index contributed by atoms with van der Waals surface area (Å²) < 4.78 is 6.65. The van der Waals surface area contributed by atoms with E-state index < -0.39 is 8.32 Å². The molecule has 0 N–H and O–H groups in total. The number of hydrogen-bond acceptors (Lipinski definition) is 3. The first-order valence-electron chi connectivity index (χ1n) is 11.2. The molecule has 0 aliphatic rings. The van der Waals surface area contributed by atoms with Gasteiger partial charge in [-0.1, -0.05) is 128 Å². The van der Waals surface area contributed by atoms with Crippen molar-refractivity contribution in [3.63, 3.8) is 0 Å². The maximum Gasteiger partial charge on any atom is 0.380 e. The molecule has 0 aliphatic carbocycles. The van der Waals surface area contributed by atoms with Gasteiger partial charge < -0.3 is 4.53 Å². The lowest BCUT2D eigenvalue weighted by atomic mass is 10.0. The summed E-state index contributed by atoms with van der Waals surface area (Å²) in [6.07, 6.45) is 0.880. The summed E-state index contributed by atoms with van der Waals surface area (Å²) in [5.74, 6) is 0.0474. The number of Topliss-reactive ketones (excluding diaryl/α,β-unsaturated/α-hetero) is 1. The second kappa shape index (κ2) is 10.7. The van der Waals surface area contributed by atoms with Gasteiger partial charge in [0.1, 0.15) is 0 Å². The number of carbonyl (C=O) groups is 1. The average molecular weight is 450 g/mol. The van der Waals surface area contributed by atoms with Gasteiger partial charge in [-0.15, -0.1) is 5.16 Å². The molecule has 0 saturated carbocycles. The molecule has 0 fully saturated rings. The molecule has 4 heteroatoms. The number of benzene rings is 4. The molecule has 4 rings (SSSR count). The zero-order valence-electron chi connectivity index (χ0n) is 18.7. The van der Waals surface area contributed by atoms with Crippen molar-refractivity contribution in [3.05, 3.63) is 127 Å². The van der Waals surface area contributed by atoms with Crippen LogP contribution in [0.4, 0.5) is 0 Å². The standard InChI is InChI=1S/C29H27NO2Si/c1-2-25(23-29(31)24-15-7-3-8-16-24)30-32-33(26-17-9-4-10-18-26,27-19-11-5-12-20-27)28-21-13-6-14-22-28/h3-22H,2,23H2,1H3. The summed E-state index contributed by atoms with van der Waals surface area (Å²) in [6.45, 7) is 2.01. The molecule has 4 aromatic carbocycles. The minimum atomic E-state index is -2.93. The van der Waals surface area contributed by atoms with Crippen molar-refractivity contribution in [2.75, 3.05) is 0 Å². The van der Waals surface area contributed by atoms with Gasteiger partial charge in [0.05, 0.1) is 12.1 Å². The Kier molecular flexibility index (Phi) is 7.28. The van der Waals surface area contributed by atoms with Crippen molar-refractivity contribution in [1.82, 2.24) is 0 Å². The Bertz CT molecular complexity index is 1100. The highest BCUT2D eigenvalue weighted by Gasteiger charge is 2.45. The highest BCUT2D eigenvalue weighted by molar-refractivity contribution is 7.07. The second-order valence-electron chi connectivity index (χ2n) is 7.85. The zero-order valence-corrected chi connectivity index (χ0v) is 19.7. The van der Waals surface area contributed by atoms with Crippen molar-refractivity contribution in [2.24, 2.45) is 5.16 Å². The first kappa shape index (κ1) is 22.4. The Balaban J connectivity index is 1.79. The van der Waals surface area contributed by atoms with E-state index in [1.807, 2.05) is 91.9 Å². The van der Waals surface area contributed by atoms with Crippen LogP contribution in [-0.2, 0) is 4.53 Å². The molecule has 33 heavy (non-hydrogen) atoms. The van der Waals surface area contributed by atoms with Crippen LogP contribution in [0.3, 0.4) is 0 Å². The summed E-state index contributed by atoms with van der Waals surface area (Å²) in [4.78, 5) is 12.8. The van der Waals surface area contributed by atoms with E-state index in [9.17, 15) is 4.79 Å². The van der Waals surface area contributed by atoms with Crippen LogP contribution in [0.2, 0.25) is 0 Å². The number of oxime groups is 1. The lowest BCUT2D eigenvalue weighted by Gasteiger charge is -2.30. The third-order valence-corrected chi connectivity index (χ3v) is 9.53. The third-order valence-electron chi connectivity index (χ3n) is 5.72. The normalized spacial score (nSPS) is 11.7. The largest absolute Gasteiger partial charge is 0.438 e. The number of nitrogens with zero attached hydrogens (tertiary/aromatic N) is 1. The molecule has 0 atom stereocenters. The molecule has 0 bridgehead atoms. The monoisotopic (exact) mass is 449 g/mol. The maximum atomic E-state index is 12.8. The van der Waals surface area contributed by atoms with E-state index in [1.54, 1.807) is 0 Å². The van der Waals surface area contributed by atoms with Crippen molar-refractivity contribution in [1.29, 1.82) is 0 Å². The number of hydrogen-bond donors (Lipinski definition) is 0.